The van der Waals surface area contributed by atoms with Gasteiger partial charge in [0.2, 0.25) is 11.7 Å². The first kappa shape index (κ1) is 9.71. The summed E-state index contributed by atoms with van der Waals surface area (Å²) in [5.74, 6) is 1.32. The molecule has 4 heteroatoms. The first-order chi connectivity index (χ1) is 7.33. The number of anilines is 1. The highest BCUT2D eigenvalue weighted by molar-refractivity contribution is 5.59. The third kappa shape index (κ3) is 1.98. The zero-order valence-corrected chi connectivity index (χ0v) is 8.82. The summed E-state index contributed by atoms with van der Waals surface area (Å²) in [5.41, 5.74) is 2.04. The summed E-state index contributed by atoms with van der Waals surface area (Å²) in [6, 6.07) is 7.90. The van der Waals surface area contributed by atoms with Crippen molar-refractivity contribution in [2.75, 3.05) is 12.4 Å². The predicted molar refractivity (Wildman–Crippen MR) is 58.7 cm³/mol. The van der Waals surface area contributed by atoms with Crippen LogP contribution in [-0.4, -0.2) is 17.2 Å². The Balaban J connectivity index is 2.28. The van der Waals surface area contributed by atoms with E-state index in [1.807, 2.05) is 38.2 Å². The maximum absolute atomic E-state index is 5.05. The van der Waals surface area contributed by atoms with Crippen LogP contribution < -0.4 is 5.32 Å². The minimum atomic E-state index is 0.648. The molecule has 0 bridgehead atoms. The fourth-order valence-electron chi connectivity index (χ4n) is 1.30. The molecule has 0 aliphatic rings. The molecular formula is C11H13N3O. The highest BCUT2D eigenvalue weighted by atomic mass is 16.5. The maximum Gasteiger partial charge on any atom is 0.226 e. The monoisotopic (exact) mass is 203 g/mol. The lowest BCUT2D eigenvalue weighted by molar-refractivity contribution is 0.383. The summed E-state index contributed by atoms with van der Waals surface area (Å²) in [7, 11) is 1.89. The smallest absolute Gasteiger partial charge is 0.226 e. The minimum Gasteiger partial charge on any atom is -0.388 e. The molecule has 1 aromatic heterocycles. The fourth-order valence-corrected chi connectivity index (χ4v) is 1.30. The van der Waals surface area contributed by atoms with Crippen LogP contribution in [0.4, 0.5) is 5.69 Å². The first-order valence-electron chi connectivity index (χ1n) is 4.94. The summed E-state index contributed by atoms with van der Waals surface area (Å²) in [4.78, 5) is 4.26. The molecule has 1 heterocycles. The van der Waals surface area contributed by atoms with Gasteiger partial charge in [0.1, 0.15) is 0 Å². The van der Waals surface area contributed by atoms with E-state index in [4.69, 9.17) is 4.52 Å². The van der Waals surface area contributed by atoms with Crippen molar-refractivity contribution in [2.24, 2.45) is 0 Å². The van der Waals surface area contributed by atoms with E-state index < -0.39 is 0 Å². The lowest BCUT2D eigenvalue weighted by Gasteiger charge is -1.99. The number of aryl methyl sites for hydroxylation is 1. The molecule has 4 nitrogen and oxygen atoms in total. The Bertz CT molecular complexity index is 433. The van der Waals surface area contributed by atoms with Crippen molar-refractivity contribution < 1.29 is 4.52 Å². The van der Waals surface area contributed by atoms with Gasteiger partial charge in [-0.2, -0.15) is 4.98 Å². The average molecular weight is 203 g/mol. The molecule has 15 heavy (non-hydrogen) atoms. The molecule has 2 aromatic rings. The number of rotatable bonds is 3. The summed E-state index contributed by atoms with van der Waals surface area (Å²) >= 11 is 0. The fraction of sp³-hybridized carbons (Fsp3) is 0.273. The summed E-state index contributed by atoms with van der Waals surface area (Å²) in [6.07, 6.45) is 0.765. The van der Waals surface area contributed by atoms with Crippen LogP contribution in [0.1, 0.15) is 12.8 Å². The van der Waals surface area contributed by atoms with E-state index in [1.54, 1.807) is 0 Å². The van der Waals surface area contributed by atoms with Gasteiger partial charge in [0.25, 0.3) is 0 Å². The number of aromatic nitrogens is 2. The van der Waals surface area contributed by atoms with Crippen molar-refractivity contribution in [3.05, 3.63) is 30.2 Å². The molecule has 0 aliphatic heterocycles. The summed E-state index contributed by atoms with van der Waals surface area (Å²) < 4.78 is 5.05. The van der Waals surface area contributed by atoms with Gasteiger partial charge in [-0.1, -0.05) is 12.1 Å². The van der Waals surface area contributed by atoms with Gasteiger partial charge in [-0.05, 0) is 24.3 Å². The van der Waals surface area contributed by atoms with Crippen LogP contribution in [0.2, 0.25) is 0 Å². The third-order valence-corrected chi connectivity index (χ3v) is 2.20. The van der Waals surface area contributed by atoms with Crippen LogP contribution in [0, 0.1) is 0 Å². The molecule has 1 N–H and O–H groups in total. The first-order valence-corrected chi connectivity index (χ1v) is 4.94. The van der Waals surface area contributed by atoms with Crippen molar-refractivity contribution in [1.29, 1.82) is 0 Å². The topological polar surface area (TPSA) is 51.0 Å². The number of nitrogens with one attached hydrogen (secondary N) is 1. The highest BCUT2D eigenvalue weighted by Gasteiger charge is 2.06. The molecule has 2 rings (SSSR count). The second-order valence-electron chi connectivity index (χ2n) is 3.19. The van der Waals surface area contributed by atoms with E-state index >= 15 is 0 Å². The molecule has 78 valence electrons. The zero-order valence-electron chi connectivity index (χ0n) is 8.82. The second-order valence-corrected chi connectivity index (χ2v) is 3.19. The van der Waals surface area contributed by atoms with Crippen molar-refractivity contribution in [1.82, 2.24) is 10.1 Å². The Morgan fingerprint density at radius 3 is 2.53 bits per heavy atom. The standard InChI is InChI=1S/C11H13N3O/c1-3-10-13-11(14-15-10)8-4-6-9(12-2)7-5-8/h4-7,12H,3H2,1-2H3. The highest BCUT2D eigenvalue weighted by Crippen LogP contribution is 2.18. The lowest BCUT2D eigenvalue weighted by Crippen LogP contribution is -1.87. The van der Waals surface area contributed by atoms with E-state index in [1.165, 1.54) is 0 Å². The second kappa shape index (κ2) is 4.13. The Morgan fingerprint density at radius 2 is 2.00 bits per heavy atom. The number of nitrogens with zero attached hydrogens (tertiary/aromatic N) is 2. The van der Waals surface area contributed by atoms with Gasteiger partial charge in [0.15, 0.2) is 0 Å². The van der Waals surface area contributed by atoms with Crippen molar-refractivity contribution in [2.45, 2.75) is 13.3 Å². The molecular weight excluding hydrogens is 190 g/mol. The Labute approximate surface area is 88.3 Å². The number of hydrogen-bond acceptors (Lipinski definition) is 4. The van der Waals surface area contributed by atoms with Crippen LogP contribution in [0.25, 0.3) is 11.4 Å². The quantitative estimate of drug-likeness (QED) is 0.831. The van der Waals surface area contributed by atoms with Gasteiger partial charge in [0.05, 0.1) is 0 Å². The van der Waals surface area contributed by atoms with Crippen molar-refractivity contribution >= 4 is 5.69 Å². The molecule has 1 aromatic carbocycles. The largest absolute Gasteiger partial charge is 0.388 e. The SMILES string of the molecule is CCc1nc(-c2ccc(NC)cc2)no1. The van der Waals surface area contributed by atoms with E-state index in [-0.39, 0.29) is 0 Å². The molecule has 0 saturated carbocycles. The Morgan fingerprint density at radius 1 is 1.27 bits per heavy atom. The summed E-state index contributed by atoms with van der Waals surface area (Å²) in [5, 5.41) is 6.96. The van der Waals surface area contributed by atoms with Crippen LogP contribution >= 0.6 is 0 Å². The molecule has 0 fully saturated rings. The number of hydrogen-bond donors (Lipinski definition) is 1. The van der Waals surface area contributed by atoms with Crippen LogP contribution in [0.15, 0.2) is 28.8 Å². The van der Waals surface area contributed by atoms with E-state index in [0.717, 1.165) is 17.7 Å². The van der Waals surface area contributed by atoms with E-state index in [0.29, 0.717) is 11.7 Å². The molecule has 0 saturated heterocycles. The van der Waals surface area contributed by atoms with Gasteiger partial charge in [-0.3, -0.25) is 0 Å². The average Bonchev–Trinajstić information content (AvgIpc) is 2.78. The molecule has 0 aliphatic carbocycles. The molecule has 0 amide bonds. The van der Waals surface area contributed by atoms with Gasteiger partial charge < -0.3 is 9.84 Å². The van der Waals surface area contributed by atoms with Gasteiger partial charge >= 0.3 is 0 Å². The minimum absolute atomic E-state index is 0.648. The third-order valence-electron chi connectivity index (χ3n) is 2.20. The van der Waals surface area contributed by atoms with Gasteiger partial charge in [-0.25, -0.2) is 0 Å². The van der Waals surface area contributed by atoms with Crippen molar-refractivity contribution in [3.63, 3.8) is 0 Å². The maximum atomic E-state index is 5.05. The number of benzene rings is 1. The van der Waals surface area contributed by atoms with Gasteiger partial charge in [-0.15, -0.1) is 0 Å². The normalized spacial score (nSPS) is 10.3. The Kier molecular flexibility index (Phi) is 2.67. The van der Waals surface area contributed by atoms with Gasteiger partial charge in [0, 0.05) is 24.7 Å². The van der Waals surface area contributed by atoms with E-state index in [2.05, 4.69) is 15.5 Å². The molecule has 0 spiro atoms. The molecule has 0 atom stereocenters. The zero-order chi connectivity index (χ0) is 10.7. The lowest BCUT2D eigenvalue weighted by atomic mass is 10.2. The van der Waals surface area contributed by atoms with Crippen LogP contribution in [0.5, 0.6) is 0 Å². The van der Waals surface area contributed by atoms with Crippen LogP contribution in [-0.2, 0) is 6.42 Å². The predicted octanol–water partition coefficient (Wildman–Crippen LogP) is 2.34. The summed E-state index contributed by atoms with van der Waals surface area (Å²) in [6.45, 7) is 1.99. The van der Waals surface area contributed by atoms with Crippen LogP contribution in [0.3, 0.4) is 0 Å². The molecule has 0 radical (unpaired) electrons. The molecule has 0 unspecified atom stereocenters. The van der Waals surface area contributed by atoms with Crippen molar-refractivity contribution in [3.8, 4) is 11.4 Å². The van der Waals surface area contributed by atoms with E-state index in [9.17, 15) is 0 Å². The Hall–Kier alpha value is -1.84.